The van der Waals surface area contributed by atoms with Gasteiger partial charge in [-0.15, -0.1) is 0 Å². The zero-order valence-electron chi connectivity index (χ0n) is 11.1. The Morgan fingerprint density at radius 1 is 1.43 bits per heavy atom. The summed E-state index contributed by atoms with van der Waals surface area (Å²) in [4.78, 5) is 23.3. The highest BCUT2D eigenvalue weighted by Crippen LogP contribution is 2.22. The van der Waals surface area contributed by atoms with E-state index in [0.29, 0.717) is 35.2 Å². The smallest absolute Gasteiger partial charge is 0.326 e. The van der Waals surface area contributed by atoms with Gasteiger partial charge in [0.25, 0.3) is 0 Å². The molecule has 1 heterocycles. The number of benzene rings is 1. The molecule has 1 aliphatic rings. The first-order valence-corrected chi connectivity index (χ1v) is 7.28. The van der Waals surface area contributed by atoms with Crippen LogP contribution in [0.25, 0.3) is 0 Å². The number of hydrogen-bond acceptors (Lipinski definition) is 3. The molecule has 1 aliphatic heterocycles. The molecule has 2 rings (SSSR count). The molecule has 0 bridgehead atoms. The van der Waals surface area contributed by atoms with Crippen LogP contribution in [-0.4, -0.2) is 36.2 Å². The van der Waals surface area contributed by atoms with Crippen molar-refractivity contribution in [3.05, 3.63) is 33.8 Å². The molecule has 2 N–H and O–H groups in total. The number of rotatable bonds is 5. The van der Waals surface area contributed by atoms with E-state index in [1.54, 1.807) is 18.2 Å². The third kappa shape index (κ3) is 4.33. The molecule has 0 saturated carbocycles. The first-order chi connectivity index (χ1) is 9.97. The van der Waals surface area contributed by atoms with Crippen molar-refractivity contribution >= 4 is 35.1 Å². The summed E-state index contributed by atoms with van der Waals surface area (Å²) < 4.78 is 5.13. The highest BCUT2D eigenvalue weighted by molar-refractivity contribution is 6.35. The minimum atomic E-state index is -1.10. The summed E-state index contributed by atoms with van der Waals surface area (Å²) in [5, 5.41) is 12.7. The average Bonchev–Trinajstić information content (AvgIpc) is 2.94. The first-order valence-electron chi connectivity index (χ1n) is 6.52. The van der Waals surface area contributed by atoms with Crippen LogP contribution in [-0.2, 0) is 20.7 Å². The standard InChI is InChI=1S/C14H15Cl2NO4/c15-10-2-1-8(11(16)6-10)5-12(14(19)20)17-13(18)9-3-4-21-7-9/h1-2,6,9,12H,3-5,7H2,(H,17,18)(H,19,20)/t9-,12+/m0/s1. The van der Waals surface area contributed by atoms with E-state index >= 15 is 0 Å². The Hall–Kier alpha value is -1.30. The Bertz CT molecular complexity index is 544. The maximum absolute atomic E-state index is 12.0. The molecule has 0 radical (unpaired) electrons. The van der Waals surface area contributed by atoms with Crippen molar-refractivity contribution in [2.75, 3.05) is 13.2 Å². The summed E-state index contributed by atoms with van der Waals surface area (Å²) in [7, 11) is 0. The van der Waals surface area contributed by atoms with Crippen LogP contribution >= 0.6 is 23.2 Å². The molecule has 1 aromatic rings. The summed E-state index contributed by atoms with van der Waals surface area (Å²) in [6.45, 7) is 0.860. The van der Waals surface area contributed by atoms with Crippen molar-refractivity contribution in [3.8, 4) is 0 Å². The fraction of sp³-hybridized carbons (Fsp3) is 0.429. The maximum Gasteiger partial charge on any atom is 0.326 e. The molecule has 0 spiro atoms. The zero-order chi connectivity index (χ0) is 15.4. The molecule has 1 saturated heterocycles. The lowest BCUT2D eigenvalue weighted by molar-refractivity contribution is -0.142. The van der Waals surface area contributed by atoms with Gasteiger partial charge in [0.2, 0.25) is 5.91 Å². The van der Waals surface area contributed by atoms with Gasteiger partial charge >= 0.3 is 5.97 Å². The summed E-state index contributed by atoms with van der Waals surface area (Å²) in [5.41, 5.74) is 0.622. The molecule has 21 heavy (non-hydrogen) atoms. The molecule has 5 nitrogen and oxygen atoms in total. The van der Waals surface area contributed by atoms with Crippen LogP contribution in [0.5, 0.6) is 0 Å². The van der Waals surface area contributed by atoms with E-state index in [0.717, 1.165) is 0 Å². The van der Waals surface area contributed by atoms with Crippen LogP contribution in [0.4, 0.5) is 0 Å². The zero-order valence-corrected chi connectivity index (χ0v) is 12.7. The number of carboxylic acids is 1. The summed E-state index contributed by atoms with van der Waals surface area (Å²) in [6, 6.07) is 3.81. The molecule has 1 aromatic carbocycles. The Morgan fingerprint density at radius 3 is 2.76 bits per heavy atom. The second-order valence-electron chi connectivity index (χ2n) is 4.90. The van der Waals surface area contributed by atoms with E-state index < -0.39 is 12.0 Å². The van der Waals surface area contributed by atoms with Crippen molar-refractivity contribution in [1.82, 2.24) is 5.32 Å². The topological polar surface area (TPSA) is 75.6 Å². The van der Waals surface area contributed by atoms with Crippen LogP contribution in [0.3, 0.4) is 0 Å². The molecule has 0 aromatic heterocycles. The minimum absolute atomic E-state index is 0.102. The fourth-order valence-electron chi connectivity index (χ4n) is 2.14. The number of aliphatic carboxylic acids is 1. The number of halogens is 2. The molecule has 114 valence electrons. The Kier molecular flexibility index (Phi) is 5.45. The van der Waals surface area contributed by atoms with Crippen molar-refractivity contribution in [2.45, 2.75) is 18.9 Å². The quantitative estimate of drug-likeness (QED) is 0.866. The van der Waals surface area contributed by atoms with Gasteiger partial charge in [0.05, 0.1) is 12.5 Å². The highest BCUT2D eigenvalue weighted by Gasteiger charge is 2.28. The number of carbonyl (C=O) groups is 2. The minimum Gasteiger partial charge on any atom is -0.480 e. The highest BCUT2D eigenvalue weighted by atomic mass is 35.5. The van der Waals surface area contributed by atoms with Crippen molar-refractivity contribution < 1.29 is 19.4 Å². The Balaban J connectivity index is 2.04. The molecule has 0 unspecified atom stereocenters. The molecule has 2 atom stereocenters. The van der Waals surface area contributed by atoms with Gasteiger partial charge in [-0.05, 0) is 24.1 Å². The molecule has 1 fully saturated rings. The Labute approximate surface area is 132 Å². The monoisotopic (exact) mass is 331 g/mol. The molecule has 7 heteroatoms. The predicted octanol–water partition coefficient (Wildman–Crippen LogP) is 2.14. The predicted molar refractivity (Wildman–Crippen MR) is 78.7 cm³/mol. The van der Waals surface area contributed by atoms with Gasteiger partial charge in [-0.2, -0.15) is 0 Å². The van der Waals surface area contributed by atoms with Gasteiger partial charge in [-0.25, -0.2) is 4.79 Å². The van der Waals surface area contributed by atoms with Gasteiger partial charge in [0.15, 0.2) is 0 Å². The van der Waals surface area contributed by atoms with Crippen LogP contribution in [0.15, 0.2) is 18.2 Å². The van der Waals surface area contributed by atoms with Gasteiger partial charge in [-0.3, -0.25) is 4.79 Å². The molecular formula is C14H15Cl2NO4. The van der Waals surface area contributed by atoms with E-state index in [1.807, 2.05) is 0 Å². The van der Waals surface area contributed by atoms with E-state index in [-0.39, 0.29) is 18.2 Å². The van der Waals surface area contributed by atoms with Crippen molar-refractivity contribution in [1.29, 1.82) is 0 Å². The van der Waals surface area contributed by atoms with E-state index in [4.69, 9.17) is 27.9 Å². The third-order valence-corrected chi connectivity index (χ3v) is 3.94. The normalized spacial score (nSPS) is 19.2. The number of hydrogen-bond donors (Lipinski definition) is 2. The lowest BCUT2D eigenvalue weighted by Gasteiger charge is -2.17. The molecule has 1 amide bonds. The van der Waals surface area contributed by atoms with E-state index in [2.05, 4.69) is 5.32 Å². The lowest BCUT2D eigenvalue weighted by atomic mass is 10.0. The van der Waals surface area contributed by atoms with Crippen LogP contribution in [0.2, 0.25) is 10.0 Å². The first kappa shape index (κ1) is 16.1. The second-order valence-corrected chi connectivity index (χ2v) is 5.74. The number of nitrogens with one attached hydrogen (secondary N) is 1. The number of carboxylic acid groups (broad SMARTS) is 1. The maximum atomic E-state index is 12.0. The SMILES string of the molecule is O=C(N[C@H](Cc1ccc(Cl)cc1Cl)C(=O)O)[C@H]1CCOC1. The Morgan fingerprint density at radius 2 is 2.19 bits per heavy atom. The fourth-order valence-corrected chi connectivity index (χ4v) is 2.62. The van der Waals surface area contributed by atoms with E-state index in [1.165, 1.54) is 0 Å². The van der Waals surface area contributed by atoms with Gasteiger partial charge in [0, 0.05) is 23.1 Å². The van der Waals surface area contributed by atoms with Gasteiger partial charge in [0.1, 0.15) is 6.04 Å². The molecular weight excluding hydrogens is 317 g/mol. The largest absolute Gasteiger partial charge is 0.480 e. The van der Waals surface area contributed by atoms with Crippen LogP contribution < -0.4 is 5.32 Å². The average molecular weight is 332 g/mol. The van der Waals surface area contributed by atoms with Gasteiger partial charge in [-0.1, -0.05) is 29.3 Å². The summed E-state index contributed by atoms with van der Waals surface area (Å²) in [5.74, 6) is -1.69. The number of amides is 1. The summed E-state index contributed by atoms with van der Waals surface area (Å²) >= 11 is 11.8. The lowest BCUT2D eigenvalue weighted by Crippen LogP contribution is -2.45. The summed E-state index contributed by atoms with van der Waals surface area (Å²) in [6.07, 6.45) is 0.713. The third-order valence-electron chi connectivity index (χ3n) is 3.35. The number of carbonyl (C=O) groups excluding carboxylic acids is 1. The molecule has 0 aliphatic carbocycles. The van der Waals surface area contributed by atoms with E-state index in [9.17, 15) is 14.7 Å². The second kappa shape index (κ2) is 7.11. The van der Waals surface area contributed by atoms with Crippen LogP contribution in [0, 0.1) is 5.92 Å². The number of ether oxygens (including phenoxy) is 1. The van der Waals surface area contributed by atoms with Crippen molar-refractivity contribution in [3.63, 3.8) is 0 Å². The van der Waals surface area contributed by atoms with Gasteiger partial charge < -0.3 is 15.2 Å². The van der Waals surface area contributed by atoms with Crippen molar-refractivity contribution in [2.24, 2.45) is 5.92 Å². The van der Waals surface area contributed by atoms with Crippen LogP contribution in [0.1, 0.15) is 12.0 Å².